The van der Waals surface area contributed by atoms with E-state index < -0.39 is 0 Å². The SMILES string of the molecule is CCCC(C(=O)c1ccc(OCCCl)cc1)c1ccccc1-c1ccc(F)cc1. The number of Topliss-reactive ketones (excluding diaryl/α,β-unsaturated/α-hetero) is 1. The van der Waals surface area contributed by atoms with Gasteiger partial charge in [-0.25, -0.2) is 4.39 Å². The third-order valence-electron chi connectivity index (χ3n) is 4.87. The van der Waals surface area contributed by atoms with Crippen LogP contribution < -0.4 is 4.74 Å². The maximum atomic E-state index is 13.4. The molecule has 0 aliphatic carbocycles. The molecule has 0 amide bonds. The Bertz CT molecular complexity index is 936. The summed E-state index contributed by atoms with van der Waals surface area (Å²) in [6.45, 7) is 2.50. The van der Waals surface area contributed by atoms with Crippen molar-refractivity contribution in [3.63, 3.8) is 0 Å². The van der Waals surface area contributed by atoms with Crippen molar-refractivity contribution >= 4 is 17.4 Å². The fraction of sp³-hybridized carbons (Fsp3) is 0.240. The molecule has 0 fully saturated rings. The van der Waals surface area contributed by atoms with E-state index in [0.717, 1.165) is 29.5 Å². The maximum absolute atomic E-state index is 13.4. The molecule has 0 bridgehead atoms. The van der Waals surface area contributed by atoms with Gasteiger partial charge in [0.25, 0.3) is 0 Å². The molecule has 0 aliphatic heterocycles. The summed E-state index contributed by atoms with van der Waals surface area (Å²) in [4.78, 5) is 13.4. The van der Waals surface area contributed by atoms with Gasteiger partial charge in [-0.2, -0.15) is 0 Å². The summed E-state index contributed by atoms with van der Waals surface area (Å²) >= 11 is 5.65. The smallest absolute Gasteiger partial charge is 0.170 e. The number of hydrogen-bond donors (Lipinski definition) is 0. The number of ketones is 1. The highest BCUT2D eigenvalue weighted by molar-refractivity contribution is 6.18. The molecule has 0 saturated carbocycles. The summed E-state index contributed by atoms with van der Waals surface area (Å²) in [5, 5.41) is 0. The average molecular weight is 411 g/mol. The molecule has 3 rings (SSSR count). The normalized spacial score (nSPS) is 11.8. The van der Waals surface area contributed by atoms with Gasteiger partial charge in [-0.1, -0.05) is 49.7 Å². The highest BCUT2D eigenvalue weighted by Gasteiger charge is 2.24. The van der Waals surface area contributed by atoms with Crippen molar-refractivity contribution in [2.45, 2.75) is 25.7 Å². The van der Waals surface area contributed by atoms with Crippen molar-refractivity contribution in [2.75, 3.05) is 12.5 Å². The number of carbonyl (C=O) groups is 1. The number of benzene rings is 3. The molecule has 0 aliphatic rings. The quantitative estimate of drug-likeness (QED) is 0.284. The Kier molecular flexibility index (Phi) is 7.42. The number of hydrogen-bond acceptors (Lipinski definition) is 2. The first-order valence-electron chi connectivity index (χ1n) is 9.82. The van der Waals surface area contributed by atoms with E-state index in [1.165, 1.54) is 12.1 Å². The third kappa shape index (κ3) is 5.24. The van der Waals surface area contributed by atoms with Crippen molar-refractivity contribution in [1.82, 2.24) is 0 Å². The van der Waals surface area contributed by atoms with Gasteiger partial charge in [-0.05, 0) is 59.5 Å². The summed E-state index contributed by atoms with van der Waals surface area (Å²) in [7, 11) is 0. The Balaban J connectivity index is 1.94. The Labute approximate surface area is 176 Å². The molecule has 29 heavy (non-hydrogen) atoms. The molecule has 4 heteroatoms. The molecule has 3 aromatic carbocycles. The van der Waals surface area contributed by atoms with Crippen LogP contribution in [0.3, 0.4) is 0 Å². The van der Waals surface area contributed by atoms with Crippen molar-refractivity contribution < 1.29 is 13.9 Å². The molecule has 0 N–H and O–H groups in total. The predicted octanol–water partition coefficient (Wildman–Crippen LogP) is 6.88. The minimum absolute atomic E-state index is 0.0744. The van der Waals surface area contributed by atoms with Crippen LogP contribution in [0.5, 0.6) is 5.75 Å². The highest BCUT2D eigenvalue weighted by Crippen LogP contribution is 2.34. The number of carbonyl (C=O) groups excluding carboxylic acids is 1. The number of halogens is 2. The van der Waals surface area contributed by atoms with Crippen LogP contribution >= 0.6 is 11.6 Å². The lowest BCUT2D eigenvalue weighted by Gasteiger charge is -2.20. The Hall–Kier alpha value is -2.65. The first-order chi connectivity index (χ1) is 14.1. The summed E-state index contributed by atoms with van der Waals surface area (Å²) < 4.78 is 18.9. The van der Waals surface area contributed by atoms with Crippen molar-refractivity contribution in [3.05, 3.63) is 89.7 Å². The van der Waals surface area contributed by atoms with Gasteiger partial charge in [-0.15, -0.1) is 11.6 Å². The van der Waals surface area contributed by atoms with E-state index in [1.807, 2.05) is 24.3 Å². The Morgan fingerprint density at radius 1 is 1.00 bits per heavy atom. The van der Waals surface area contributed by atoms with Gasteiger partial charge in [0.2, 0.25) is 0 Å². The van der Waals surface area contributed by atoms with Crippen LogP contribution in [0.1, 0.15) is 41.6 Å². The molecule has 0 spiro atoms. The van der Waals surface area contributed by atoms with E-state index in [0.29, 0.717) is 23.8 Å². The second kappa shape index (κ2) is 10.2. The van der Waals surface area contributed by atoms with Gasteiger partial charge >= 0.3 is 0 Å². The number of ether oxygens (including phenoxy) is 1. The summed E-state index contributed by atoms with van der Waals surface area (Å²) in [6, 6.07) is 21.5. The second-order valence-corrected chi connectivity index (χ2v) is 7.24. The van der Waals surface area contributed by atoms with E-state index in [-0.39, 0.29) is 17.5 Å². The Morgan fingerprint density at radius 3 is 2.34 bits per heavy atom. The summed E-state index contributed by atoms with van der Waals surface area (Å²) in [5.41, 5.74) is 3.48. The van der Waals surface area contributed by atoms with Crippen LogP contribution in [0, 0.1) is 5.82 Å². The molecule has 0 saturated heterocycles. The molecule has 1 atom stereocenters. The molecule has 150 valence electrons. The first-order valence-corrected chi connectivity index (χ1v) is 10.4. The predicted molar refractivity (Wildman–Crippen MR) is 116 cm³/mol. The average Bonchev–Trinajstić information content (AvgIpc) is 2.76. The lowest BCUT2D eigenvalue weighted by molar-refractivity contribution is 0.0955. The van der Waals surface area contributed by atoms with Gasteiger partial charge in [0.05, 0.1) is 5.88 Å². The topological polar surface area (TPSA) is 26.3 Å². The molecular formula is C25H24ClFO2. The lowest BCUT2D eigenvalue weighted by Crippen LogP contribution is -2.14. The molecule has 0 heterocycles. The minimum atomic E-state index is -0.274. The zero-order valence-electron chi connectivity index (χ0n) is 16.4. The van der Waals surface area contributed by atoms with Gasteiger partial charge in [-0.3, -0.25) is 4.79 Å². The van der Waals surface area contributed by atoms with Crippen LogP contribution in [0.25, 0.3) is 11.1 Å². The van der Waals surface area contributed by atoms with E-state index in [1.54, 1.807) is 36.4 Å². The molecular weight excluding hydrogens is 387 g/mol. The van der Waals surface area contributed by atoms with Crippen LogP contribution in [-0.4, -0.2) is 18.3 Å². The monoisotopic (exact) mass is 410 g/mol. The van der Waals surface area contributed by atoms with Crippen LogP contribution in [0.2, 0.25) is 0 Å². The third-order valence-corrected chi connectivity index (χ3v) is 5.02. The summed E-state index contributed by atoms with van der Waals surface area (Å²) in [6.07, 6.45) is 1.62. The fourth-order valence-corrected chi connectivity index (χ4v) is 3.56. The van der Waals surface area contributed by atoms with Crippen molar-refractivity contribution in [3.8, 4) is 16.9 Å². The number of alkyl halides is 1. The van der Waals surface area contributed by atoms with E-state index in [4.69, 9.17) is 16.3 Å². The first kappa shape index (κ1) is 21.1. The van der Waals surface area contributed by atoms with Crippen molar-refractivity contribution in [1.29, 1.82) is 0 Å². The van der Waals surface area contributed by atoms with E-state index >= 15 is 0 Å². The standard InChI is InChI=1S/C25H24ClFO2/c1-2-5-24(25(28)19-10-14-21(15-11-19)29-17-16-26)23-7-4-3-6-22(23)18-8-12-20(27)13-9-18/h3-4,6-15,24H,2,5,16-17H2,1H3. The molecule has 0 aromatic heterocycles. The Morgan fingerprint density at radius 2 is 1.69 bits per heavy atom. The van der Waals surface area contributed by atoms with Gasteiger partial charge in [0.15, 0.2) is 5.78 Å². The van der Waals surface area contributed by atoms with Gasteiger partial charge in [0.1, 0.15) is 18.2 Å². The van der Waals surface area contributed by atoms with Crippen LogP contribution in [0.15, 0.2) is 72.8 Å². The zero-order chi connectivity index (χ0) is 20.6. The molecule has 0 radical (unpaired) electrons. The maximum Gasteiger partial charge on any atom is 0.170 e. The highest BCUT2D eigenvalue weighted by atomic mass is 35.5. The molecule has 1 unspecified atom stereocenters. The van der Waals surface area contributed by atoms with Crippen LogP contribution in [0.4, 0.5) is 4.39 Å². The van der Waals surface area contributed by atoms with E-state index in [9.17, 15) is 9.18 Å². The van der Waals surface area contributed by atoms with Crippen LogP contribution in [-0.2, 0) is 0 Å². The molecule has 2 nitrogen and oxygen atoms in total. The number of rotatable bonds is 9. The zero-order valence-corrected chi connectivity index (χ0v) is 17.2. The van der Waals surface area contributed by atoms with Crippen molar-refractivity contribution in [2.24, 2.45) is 0 Å². The molecule has 3 aromatic rings. The largest absolute Gasteiger partial charge is 0.492 e. The summed E-state index contributed by atoms with van der Waals surface area (Å²) in [5.74, 6) is 0.644. The lowest BCUT2D eigenvalue weighted by atomic mass is 9.83. The fourth-order valence-electron chi connectivity index (χ4n) is 3.48. The van der Waals surface area contributed by atoms with E-state index in [2.05, 4.69) is 6.92 Å². The minimum Gasteiger partial charge on any atom is -0.492 e. The van der Waals surface area contributed by atoms with Gasteiger partial charge in [0, 0.05) is 11.5 Å². The van der Waals surface area contributed by atoms with Gasteiger partial charge < -0.3 is 4.74 Å². The second-order valence-electron chi connectivity index (χ2n) is 6.86.